The summed E-state index contributed by atoms with van der Waals surface area (Å²) in [6, 6.07) is -0.420. The molecule has 0 saturated heterocycles. The Morgan fingerprint density at radius 3 is 0.824 bits per heavy atom. The van der Waals surface area contributed by atoms with Crippen LogP contribution in [0.25, 0.3) is 0 Å². The third kappa shape index (κ3) is 16.5. The Morgan fingerprint density at radius 1 is 0.382 bits per heavy atom. The molecular formula is C24H49N3NaO4S2+. The van der Waals surface area contributed by atoms with E-state index in [1.165, 1.54) is 64.2 Å². The zero-order valence-electron chi connectivity index (χ0n) is 21.7. The van der Waals surface area contributed by atoms with Crippen molar-refractivity contribution in [2.24, 2.45) is 0 Å². The Hall–Kier alpha value is 0.780. The summed E-state index contributed by atoms with van der Waals surface area (Å²) in [6.07, 6.45) is 23.7. The zero-order valence-corrected chi connectivity index (χ0v) is 25.3. The Bertz CT molecular complexity index is 636. The summed E-state index contributed by atoms with van der Waals surface area (Å²) in [4.78, 5) is 0. The molecule has 2 aliphatic carbocycles. The maximum atomic E-state index is 12.7. The predicted molar refractivity (Wildman–Crippen MR) is 136 cm³/mol. The van der Waals surface area contributed by atoms with E-state index in [1.54, 1.807) is 0 Å². The van der Waals surface area contributed by atoms with Crippen LogP contribution in [0.4, 0.5) is 0 Å². The van der Waals surface area contributed by atoms with Crippen LogP contribution in [0.1, 0.15) is 141 Å². The molecule has 0 radical (unpaired) electrons. The summed E-state index contributed by atoms with van der Waals surface area (Å²) in [5.41, 5.74) is 0. The fourth-order valence-corrected chi connectivity index (χ4v) is 8.08. The molecule has 0 aliphatic heterocycles. The van der Waals surface area contributed by atoms with E-state index in [0.29, 0.717) is 0 Å². The van der Waals surface area contributed by atoms with Gasteiger partial charge in [0.1, 0.15) is 0 Å². The number of nitrogens with one attached hydrogen (secondary N) is 3. The third-order valence-corrected chi connectivity index (χ3v) is 10.1. The quantitative estimate of drug-likeness (QED) is 0.459. The minimum Gasteiger partial charge on any atom is -0.198 e. The van der Waals surface area contributed by atoms with Crippen LogP contribution in [-0.4, -0.2) is 28.9 Å². The van der Waals surface area contributed by atoms with Crippen LogP contribution >= 0.6 is 0 Å². The van der Waals surface area contributed by atoms with Gasteiger partial charge in [-0.25, -0.2) is 0 Å². The van der Waals surface area contributed by atoms with Crippen LogP contribution in [0.3, 0.4) is 0 Å². The van der Waals surface area contributed by atoms with E-state index in [-0.39, 0.29) is 41.6 Å². The van der Waals surface area contributed by atoms with Gasteiger partial charge in [-0.05, 0) is 25.7 Å². The first-order chi connectivity index (χ1) is 15.9. The molecule has 7 nitrogen and oxygen atoms in total. The van der Waals surface area contributed by atoms with Gasteiger partial charge in [0, 0.05) is 12.1 Å². The van der Waals surface area contributed by atoms with Gasteiger partial charge in [0.2, 0.25) is 0 Å². The molecule has 2 rings (SSSR count). The molecule has 0 bridgehead atoms. The minimum atomic E-state index is -4.15. The van der Waals surface area contributed by atoms with Crippen LogP contribution in [0, 0.1) is 0 Å². The maximum Gasteiger partial charge on any atom is 1.00 e. The summed E-state index contributed by atoms with van der Waals surface area (Å²) in [6.45, 7) is 0. The molecule has 0 aromatic heterocycles. The molecule has 10 heteroatoms. The standard InChI is InChI=1S/C24H49N3O4S2.Na/c28-32(29,25-23-19-15-11-7-3-1-4-8-12-16-20-23)27-33(30,31)26-24-21-17-13-9-5-2-6-10-14-18-22-24;/h23-27H,1-22H2;/q;+1. The van der Waals surface area contributed by atoms with Crippen molar-refractivity contribution in [2.45, 2.75) is 153 Å². The van der Waals surface area contributed by atoms with Gasteiger partial charge in [0.05, 0.1) is 0 Å². The van der Waals surface area contributed by atoms with Crippen molar-refractivity contribution in [2.75, 3.05) is 0 Å². The van der Waals surface area contributed by atoms with Crippen molar-refractivity contribution in [3.8, 4) is 0 Å². The van der Waals surface area contributed by atoms with Gasteiger partial charge in [-0.2, -0.15) is 26.3 Å². The Balaban J connectivity index is 0.00000578. The number of hydrogen-bond donors (Lipinski definition) is 3. The zero-order chi connectivity index (χ0) is 23.8. The number of hydrogen-bond acceptors (Lipinski definition) is 4. The second kappa shape index (κ2) is 18.9. The topological polar surface area (TPSA) is 104 Å². The van der Waals surface area contributed by atoms with Crippen LogP contribution < -0.4 is 43.1 Å². The van der Waals surface area contributed by atoms with E-state index in [9.17, 15) is 16.8 Å². The second-order valence-electron chi connectivity index (χ2n) is 10.2. The van der Waals surface area contributed by atoms with Crippen LogP contribution in [0.2, 0.25) is 0 Å². The van der Waals surface area contributed by atoms with Crippen LogP contribution in [0.5, 0.6) is 0 Å². The van der Waals surface area contributed by atoms with Gasteiger partial charge in [0.15, 0.2) is 0 Å². The van der Waals surface area contributed by atoms with Crippen LogP contribution in [0.15, 0.2) is 0 Å². The van der Waals surface area contributed by atoms with Gasteiger partial charge in [-0.3, -0.25) is 0 Å². The first-order valence-electron chi connectivity index (χ1n) is 13.7. The fraction of sp³-hybridized carbons (Fsp3) is 1.00. The van der Waals surface area contributed by atoms with Crippen LogP contribution in [-0.2, 0) is 20.4 Å². The second-order valence-corrected chi connectivity index (χ2v) is 13.4. The van der Waals surface area contributed by atoms with E-state index < -0.39 is 20.4 Å². The molecule has 2 aliphatic rings. The van der Waals surface area contributed by atoms with Crippen molar-refractivity contribution in [1.82, 2.24) is 13.6 Å². The smallest absolute Gasteiger partial charge is 0.198 e. The third-order valence-electron chi connectivity index (χ3n) is 7.07. The van der Waals surface area contributed by atoms with Crippen molar-refractivity contribution in [3.05, 3.63) is 0 Å². The predicted octanol–water partition coefficient (Wildman–Crippen LogP) is 2.60. The maximum absolute atomic E-state index is 12.7. The summed E-state index contributed by atoms with van der Waals surface area (Å²) >= 11 is 0. The minimum absolute atomic E-state index is 0. The largest absolute Gasteiger partial charge is 1.00 e. The average Bonchev–Trinajstić information content (AvgIpc) is 2.71. The van der Waals surface area contributed by atoms with Crippen molar-refractivity contribution >= 4 is 20.4 Å². The van der Waals surface area contributed by atoms with E-state index in [1.807, 2.05) is 4.13 Å². The van der Waals surface area contributed by atoms with Gasteiger partial charge in [-0.15, -0.1) is 0 Å². The average molecular weight is 531 g/mol. The summed E-state index contributed by atoms with van der Waals surface area (Å²) in [7, 11) is -8.29. The number of rotatable bonds is 6. The molecule has 0 aromatic rings. The Kier molecular flexibility index (Phi) is 18.3. The molecule has 0 atom stereocenters. The Morgan fingerprint density at radius 2 is 0.588 bits per heavy atom. The van der Waals surface area contributed by atoms with Gasteiger partial charge in [0.25, 0.3) is 20.4 Å². The van der Waals surface area contributed by atoms with Crippen molar-refractivity contribution in [3.63, 3.8) is 0 Å². The van der Waals surface area contributed by atoms with E-state index >= 15 is 0 Å². The molecule has 0 spiro atoms. The van der Waals surface area contributed by atoms with Gasteiger partial charge < -0.3 is 0 Å². The SMILES string of the molecule is O=S(=O)(NC1CCCCCCCCCCC1)NS(=O)(=O)NC1CCCCCCCCCCC1.[Na+]. The van der Waals surface area contributed by atoms with Gasteiger partial charge >= 0.3 is 29.6 Å². The fourth-order valence-electron chi connectivity index (χ4n) is 5.19. The molecule has 2 fully saturated rings. The summed E-state index contributed by atoms with van der Waals surface area (Å²) in [5, 5.41) is 0. The first kappa shape index (κ1) is 32.8. The first-order valence-corrected chi connectivity index (χ1v) is 16.7. The van der Waals surface area contributed by atoms with Gasteiger partial charge in [-0.1, -0.05) is 120 Å². The molecule has 0 unspecified atom stereocenters. The Labute approximate surface area is 232 Å². The molecule has 34 heavy (non-hydrogen) atoms. The van der Waals surface area contributed by atoms with E-state index in [2.05, 4.69) is 9.44 Å². The summed E-state index contributed by atoms with van der Waals surface area (Å²) in [5.74, 6) is 0. The molecule has 196 valence electrons. The molecular weight excluding hydrogens is 481 g/mol. The molecule has 0 amide bonds. The van der Waals surface area contributed by atoms with Crippen molar-refractivity contribution in [1.29, 1.82) is 0 Å². The van der Waals surface area contributed by atoms with E-state index in [0.717, 1.165) is 77.0 Å². The van der Waals surface area contributed by atoms with E-state index in [4.69, 9.17) is 0 Å². The molecule has 3 N–H and O–H groups in total. The molecule has 0 aromatic carbocycles. The molecule has 0 heterocycles. The normalized spacial score (nSPS) is 22.8. The monoisotopic (exact) mass is 530 g/mol. The van der Waals surface area contributed by atoms with Crippen molar-refractivity contribution < 1.29 is 46.4 Å². The summed E-state index contributed by atoms with van der Waals surface area (Å²) < 4.78 is 58.0. The molecule has 2 saturated carbocycles.